The quantitative estimate of drug-likeness (QED) is 0.604. The molecule has 0 radical (unpaired) electrons. The van der Waals surface area contributed by atoms with Crippen LogP contribution in [0.4, 0.5) is 0 Å². The highest BCUT2D eigenvalue weighted by Crippen LogP contribution is 2.12. The number of hydrogen-bond acceptors (Lipinski definition) is 4. The Balaban J connectivity index is 1.67. The number of carbonyl (C=O) groups is 1. The van der Waals surface area contributed by atoms with Gasteiger partial charge < -0.3 is 20.7 Å². The van der Waals surface area contributed by atoms with E-state index in [0.717, 1.165) is 43.9 Å². The summed E-state index contributed by atoms with van der Waals surface area (Å²) in [6.45, 7) is 4.08. The summed E-state index contributed by atoms with van der Waals surface area (Å²) in [5.41, 5.74) is 6.39. The predicted molar refractivity (Wildman–Crippen MR) is 86.5 cm³/mol. The third-order valence-electron chi connectivity index (χ3n) is 3.43. The molecular formula is C15H21N3O2S. The molecule has 1 aliphatic rings. The molecule has 1 saturated heterocycles. The number of amides is 1. The Morgan fingerprint density at radius 3 is 2.81 bits per heavy atom. The Labute approximate surface area is 130 Å². The van der Waals surface area contributed by atoms with Crippen LogP contribution in [0.2, 0.25) is 0 Å². The first-order chi connectivity index (χ1) is 10.1. The molecule has 1 aliphatic heterocycles. The smallest absolute Gasteiger partial charge is 0.221 e. The van der Waals surface area contributed by atoms with Gasteiger partial charge in [0.25, 0.3) is 0 Å². The molecule has 21 heavy (non-hydrogen) atoms. The second-order valence-electron chi connectivity index (χ2n) is 5.03. The van der Waals surface area contributed by atoms with Crippen molar-refractivity contribution < 1.29 is 9.53 Å². The van der Waals surface area contributed by atoms with Gasteiger partial charge in [0.2, 0.25) is 5.91 Å². The number of nitrogens with zero attached hydrogens (tertiary/aromatic N) is 1. The summed E-state index contributed by atoms with van der Waals surface area (Å²) < 4.78 is 5.69. The van der Waals surface area contributed by atoms with Gasteiger partial charge in [0, 0.05) is 38.2 Å². The summed E-state index contributed by atoms with van der Waals surface area (Å²) in [4.78, 5) is 13.9. The monoisotopic (exact) mass is 307 g/mol. The van der Waals surface area contributed by atoms with Crippen molar-refractivity contribution in [1.82, 2.24) is 10.2 Å². The van der Waals surface area contributed by atoms with Crippen molar-refractivity contribution in [3.8, 4) is 5.75 Å². The van der Waals surface area contributed by atoms with Gasteiger partial charge in [-0.25, -0.2) is 0 Å². The number of ether oxygens (including phenoxy) is 1. The second-order valence-corrected chi connectivity index (χ2v) is 5.47. The van der Waals surface area contributed by atoms with Crippen LogP contribution in [-0.4, -0.2) is 48.6 Å². The minimum absolute atomic E-state index is 0.145. The van der Waals surface area contributed by atoms with Gasteiger partial charge >= 0.3 is 0 Å². The zero-order valence-electron chi connectivity index (χ0n) is 12.0. The molecule has 114 valence electrons. The van der Waals surface area contributed by atoms with E-state index in [4.69, 9.17) is 22.7 Å². The molecule has 1 aromatic rings. The first-order valence-corrected chi connectivity index (χ1v) is 7.58. The fraction of sp³-hybridized carbons (Fsp3) is 0.467. The van der Waals surface area contributed by atoms with E-state index in [1.807, 2.05) is 24.3 Å². The lowest BCUT2D eigenvalue weighted by Crippen LogP contribution is -2.30. The number of benzene rings is 1. The molecule has 2 rings (SSSR count). The molecule has 1 fully saturated rings. The van der Waals surface area contributed by atoms with Crippen LogP contribution in [0.15, 0.2) is 24.3 Å². The Morgan fingerprint density at radius 1 is 1.33 bits per heavy atom. The van der Waals surface area contributed by atoms with E-state index in [2.05, 4.69) is 10.2 Å². The molecule has 0 spiro atoms. The molecule has 0 bridgehead atoms. The Bertz CT molecular complexity index is 490. The average Bonchev–Trinajstić information content (AvgIpc) is 2.69. The van der Waals surface area contributed by atoms with E-state index >= 15 is 0 Å². The standard InChI is InChI=1S/C15H21N3O2S/c16-15(21)12-2-4-13(5-3-12)20-11-1-8-18-9-6-14(19)17-7-10-18/h2-5H,1,6-11H2,(H2,16,21)(H,17,19). The van der Waals surface area contributed by atoms with Gasteiger partial charge in [-0.2, -0.15) is 0 Å². The van der Waals surface area contributed by atoms with Crippen molar-refractivity contribution in [3.05, 3.63) is 29.8 Å². The van der Waals surface area contributed by atoms with Crippen molar-refractivity contribution >= 4 is 23.1 Å². The highest BCUT2D eigenvalue weighted by Gasteiger charge is 2.12. The molecule has 0 unspecified atom stereocenters. The zero-order chi connectivity index (χ0) is 15.1. The summed E-state index contributed by atoms with van der Waals surface area (Å²) >= 11 is 4.91. The van der Waals surface area contributed by atoms with Gasteiger partial charge in [-0.05, 0) is 30.7 Å². The summed E-state index contributed by atoms with van der Waals surface area (Å²) in [5.74, 6) is 0.967. The molecule has 1 aromatic carbocycles. The van der Waals surface area contributed by atoms with Crippen LogP contribution in [0.25, 0.3) is 0 Å². The fourth-order valence-electron chi connectivity index (χ4n) is 2.23. The lowest BCUT2D eigenvalue weighted by Gasteiger charge is -2.18. The third-order valence-corrected chi connectivity index (χ3v) is 3.67. The first kappa shape index (κ1) is 15.7. The number of nitrogens with two attached hydrogens (primary N) is 1. The Kier molecular flexibility index (Phi) is 5.95. The Hall–Kier alpha value is -1.66. The van der Waals surface area contributed by atoms with Crippen molar-refractivity contribution in [2.24, 2.45) is 5.73 Å². The average molecular weight is 307 g/mol. The summed E-state index contributed by atoms with van der Waals surface area (Å²) in [5, 5.41) is 2.87. The van der Waals surface area contributed by atoms with Crippen LogP contribution >= 0.6 is 12.2 Å². The zero-order valence-corrected chi connectivity index (χ0v) is 12.8. The summed E-state index contributed by atoms with van der Waals surface area (Å²) in [6.07, 6.45) is 1.52. The van der Waals surface area contributed by atoms with E-state index in [1.54, 1.807) is 0 Å². The van der Waals surface area contributed by atoms with E-state index in [0.29, 0.717) is 18.0 Å². The number of thiocarbonyl (C=S) groups is 1. The predicted octanol–water partition coefficient (Wildman–Crippen LogP) is 0.912. The molecule has 0 saturated carbocycles. The largest absolute Gasteiger partial charge is 0.494 e. The SMILES string of the molecule is NC(=S)c1ccc(OCCCN2CCNC(=O)CC2)cc1. The number of nitrogens with one attached hydrogen (secondary N) is 1. The van der Waals surface area contributed by atoms with Gasteiger partial charge in [0.05, 0.1) is 6.61 Å². The highest BCUT2D eigenvalue weighted by atomic mass is 32.1. The molecule has 1 heterocycles. The van der Waals surface area contributed by atoms with E-state index in [-0.39, 0.29) is 5.91 Å². The van der Waals surface area contributed by atoms with E-state index in [1.165, 1.54) is 0 Å². The molecule has 5 nitrogen and oxygen atoms in total. The van der Waals surface area contributed by atoms with Crippen LogP contribution in [0.3, 0.4) is 0 Å². The molecule has 0 atom stereocenters. The molecule has 6 heteroatoms. The second kappa shape index (κ2) is 7.95. The fourth-order valence-corrected chi connectivity index (χ4v) is 2.37. The minimum atomic E-state index is 0.145. The first-order valence-electron chi connectivity index (χ1n) is 7.17. The maximum Gasteiger partial charge on any atom is 0.221 e. The van der Waals surface area contributed by atoms with Crippen LogP contribution in [-0.2, 0) is 4.79 Å². The Morgan fingerprint density at radius 2 is 2.10 bits per heavy atom. The van der Waals surface area contributed by atoms with Crippen LogP contribution in [0.1, 0.15) is 18.4 Å². The van der Waals surface area contributed by atoms with Gasteiger partial charge in [-0.15, -0.1) is 0 Å². The molecule has 0 aliphatic carbocycles. The van der Waals surface area contributed by atoms with Crippen LogP contribution in [0, 0.1) is 0 Å². The lowest BCUT2D eigenvalue weighted by atomic mass is 10.2. The topological polar surface area (TPSA) is 67.6 Å². The highest BCUT2D eigenvalue weighted by molar-refractivity contribution is 7.80. The molecule has 3 N–H and O–H groups in total. The van der Waals surface area contributed by atoms with Crippen molar-refractivity contribution in [3.63, 3.8) is 0 Å². The van der Waals surface area contributed by atoms with Crippen molar-refractivity contribution in [1.29, 1.82) is 0 Å². The van der Waals surface area contributed by atoms with Crippen molar-refractivity contribution in [2.75, 3.05) is 32.8 Å². The maximum atomic E-state index is 11.2. The van der Waals surface area contributed by atoms with Gasteiger partial charge in [-0.3, -0.25) is 4.79 Å². The number of carbonyl (C=O) groups excluding carboxylic acids is 1. The molecular weight excluding hydrogens is 286 g/mol. The van der Waals surface area contributed by atoms with E-state index in [9.17, 15) is 4.79 Å². The third kappa shape index (κ3) is 5.32. The molecule has 0 aromatic heterocycles. The summed E-state index contributed by atoms with van der Waals surface area (Å²) in [6, 6.07) is 7.49. The van der Waals surface area contributed by atoms with Gasteiger partial charge in [0.15, 0.2) is 0 Å². The van der Waals surface area contributed by atoms with E-state index < -0.39 is 0 Å². The normalized spacial score (nSPS) is 16.1. The lowest BCUT2D eigenvalue weighted by molar-refractivity contribution is -0.120. The minimum Gasteiger partial charge on any atom is -0.494 e. The van der Waals surface area contributed by atoms with Crippen LogP contribution < -0.4 is 15.8 Å². The number of rotatable bonds is 6. The maximum absolute atomic E-state index is 11.2. The van der Waals surface area contributed by atoms with Gasteiger partial charge in [-0.1, -0.05) is 12.2 Å². The molecule has 1 amide bonds. The number of hydrogen-bond donors (Lipinski definition) is 2. The van der Waals surface area contributed by atoms with Crippen LogP contribution in [0.5, 0.6) is 5.75 Å². The van der Waals surface area contributed by atoms with Crippen molar-refractivity contribution in [2.45, 2.75) is 12.8 Å². The summed E-state index contributed by atoms with van der Waals surface area (Å²) in [7, 11) is 0. The van der Waals surface area contributed by atoms with Gasteiger partial charge in [0.1, 0.15) is 10.7 Å².